The molecule has 0 spiro atoms. The van der Waals surface area contributed by atoms with Crippen molar-refractivity contribution in [3.05, 3.63) is 89.6 Å². The highest BCUT2D eigenvalue weighted by molar-refractivity contribution is 6.25. The van der Waals surface area contributed by atoms with Gasteiger partial charge in [-0.15, -0.1) is 0 Å². The molecule has 4 aromatic rings. The molecular weight excluding hydrogens is 957 g/mol. The van der Waals surface area contributed by atoms with E-state index in [-0.39, 0.29) is 35.6 Å². The number of ether oxygens (including phenoxy) is 9. The van der Waals surface area contributed by atoms with E-state index in [0.717, 1.165) is 4.90 Å². The summed E-state index contributed by atoms with van der Waals surface area (Å²) >= 11 is 0. The topological polar surface area (TPSA) is 279 Å². The zero-order valence-corrected chi connectivity index (χ0v) is 40.5. The molecule has 24 heteroatoms. The standard InChI is InChI=1S/C49H60N8O16/c1-56-43(59)12-8-38(55-56)47-53-39-31-33(5-10-41(39)73-47)52-45(60)37-7-6-34(32-51-37)72-30-29-71-28-27-70-26-25-69-24-23-68-22-21-67-20-19-66-18-17-65-16-15-64-14-13-50-36-4-2-3-35-44(36)49(63)57(48(35)62)40-9-11-42(58)54-46(40)61/h2-8,10,12,31-32,38,40,50,55H,9,11,13-30H2,1H3,(H,52,60)(H,54,58,61). The Balaban J connectivity index is 0.594. The maximum atomic E-state index is 13.2. The lowest BCUT2D eigenvalue weighted by Gasteiger charge is -2.27. The molecule has 3 aliphatic rings. The lowest BCUT2D eigenvalue weighted by Crippen LogP contribution is -2.54. The van der Waals surface area contributed by atoms with Gasteiger partial charge in [0.1, 0.15) is 35.7 Å². The first kappa shape index (κ1) is 54.0. The molecule has 73 heavy (non-hydrogen) atoms. The quantitative estimate of drug-likeness (QED) is 0.0393. The molecule has 0 bridgehead atoms. The lowest BCUT2D eigenvalue weighted by molar-refractivity contribution is -0.136. The van der Waals surface area contributed by atoms with Gasteiger partial charge in [-0.05, 0) is 48.9 Å². The molecule has 0 saturated carbocycles. The number of nitrogens with one attached hydrogen (secondary N) is 4. The van der Waals surface area contributed by atoms with Gasteiger partial charge in [-0.1, -0.05) is 12.1 Å². The van der Waals surface area contributed by atoms with Crippen molar-refractivity contribution in [3.8, 4) is 5.75 Å². The lowest BCUT2D eigenvalue weighted by atomic mass is 10.0. The number of likely N-dealkylation sites (N-methyl/N-ethyl adjacent to an activating group) is 1. The Labute approximate surface area is 420 Å². The minimum absolute atomic E-state index is 0.0561. The number of hydrogen-bond acceptors (Lipinski definition) is 20. The van der Waals surface area contributed by atoms with E-state index in [4.69, 9.17) is 47.0 Å². The van der Waals surface area contributed by atoms with Crippen LogP contribution in [0.3, 0.4) is 0 Å². The van der Waals surface area contributed by atoms with Crippen LogP contribution in [0.15, 0.2) is 71.3 Å². The van der Waals surface area contributed by atoms with Crippen molar-refractivity contribution in [1.82, 2.24) is 30.6 Å². The molecule has 1 saturated heterocycles. The number of oxazole rings is 1. The summed E-state index contributed by atoms with van der Waals surface area (Å²) in [6.45, 7) is 7.08. The molecule has 2 aromatic carbocycles. The number of anilines is 2. The SMILES string of the molecule is CN1NC(c2nc3cc(NC(=O)c4ccc(OCCOCCOCCOCCOCCOCCOCCOCCOCCNc5cccc6c5C(=O)N(C5CCC(=O)NC5=O)C6=O)cn4)ccc3o2)C=CC1=O. The number of fused-ring (bicyclic) bond motifs is 2. The molecule has 1 fully saturated rings. The van der Waals surface area contributed by atoms with Gasteiger partial charge in [0, 0.05) is 37.5 Å². The fourth-order valence-corrected chi connectivity index (χ4v) is 7.47. The van der Waals surface area contributed by atoms with E-state index in [1.54, 1.807) is 61.7 Å². The van der Waals surface area contributed by atoms with Crippen LogP contribution in [-0.2, 0) is 52.3 Å². The van der Waals surface area contributed by atoms with E-state index in [0.29, 0.717) is 153 Å². The van der Waals surface area contributed by atoms with Crippen molar-refractivity contribution >= 4 is 57.9 Å². The number of hydrazine groups is 1. The molecule has 0 aliphatic carbocycles. The number of rotatable bonds is 33. The summed E-state index contributed by atoms with van der Waals surface area (Å²) in [5, 5.41) is 9.50. The highest BCUT2D eigenvalue weighted by Crippen LogP contribution is 2.32. The van der Waals surface area contributed by atoms with Crippen LogP contribution in [0.4, 0.5) is 11.4 Å². The molecule has 2 unspecified atom stereocenters. The summed E-state index contributed by atoms with van der Waals surface area (Å²) in [6.07, 6.45) is 4.75. The first-order chi connectivity index (χ1) is 35.7. The number of nitrogens with zero attached hydrogens (tertiary/aromatic N) is 4. The molecule has 7 rings (SSSR count). The van der Waals surface area contributed by atoms with E-state index in [1.165, 1.54) is 17.3 Å². The van der Waals surface area contributed by atoms with Crippen LogP contribution < -0.4 is 26.1 Å². The van der Waals surface area contributed by atoms with Crippen molar-refractivity contribution in [2.45, 2.75) is 24.9 Å². The average Bonchev–Trinajstić information content (AvgIpc) is 3.93. The number of benzene rings is 2. The average molecular weight is 1020 g/mol. The minimum Gasteiger partial charge on any atom is -0.490 e. The van der Waals surface area contributed by atoms with Gasteiger partial charge in [-0.2, -0.15) is 0 Å². The molecule has 24 nitrogen and oxygen atoms in total. The number of imide groups is 2. The van der Waals surface area contributed by atoms with Crippen molar-refractivity contribution in [1.29, 1.82) is 0 Å². The van der Waals surface area contributed by atoms with Gasteiger partial charge in [0.05, 0.1) is 123 Å². The van der Waals surface area contributed by atoms with Crippen molar-refractivity contribution in [2.24, 2.45) is 0 Å². The maximum absolute atomic E-state index is 13.2. The predicted molar refractivity (Wildman–Crippen MR) is 258 cm³/mol. The fraction of sp³-hybridized carbons (Fsp3) is 0.469. The third-order valence-electron chi connectivity index (χ3n) is 11.1. The van der Waals surface area contributed by atoms with Gasteiger partial charge in [-0.25, -0.2) is 15.4 Å². The summed E-state index contributed by atoms with van der Waals surface area (Å²) < 4.78 is 55.8. The Bertz CT molecular complexity index is 2520. The second-order valence-electron chi connectivity index (χ2n) is 16.3. The summed E-state index contributed by atoms with van der Waals surface area (Å²) in [6, 6.07) is 11.8. The highest BCUT2D eigenvalue weighted by Gasteiger charge is 2.45. The van der Waals surface area contributed by atoms with E-state index in [1.807, 2.05) is 0 Å². The van der Waals surface area contributed by atoms with E-state index < -0.39 is 41.6 Å². The summed E-state index contributed by atoms with van der Waals surface area (Å²) in [5.74, 6) is -1.89. The van der Waals surface area contributed by atoms with Gasteiger partial charge in [0.25, 0.3) is 23.6 Å². The second kappa shape index (κ2) is 28.5. The van der Waals surface area contributed by atoms with Crippen molar-refractivity contribution < 1.29 is 75.8 Å². The maximum Gasteiger partial charge on any atom is 0.274 e. The molecule has 5 heterocycles. The molecule has 3 aliphatic heterocycles. The first-order valence-electron chi connectivity index (χ1n) is 23.9. The number of carbonyl (C=O) groups excluding carboxylic acids is 6. The summed E-state index contributed by atoms with van der Waals surface area (Å²) in [4.78, 5) is 84.3. The Hall–Kier alpha value is -6.74. The molecule has 6 amide bonds. The zero-order valence-electron chi connectivity index (χ0n) is 40.5. The molecule has 392 valence electrons. The third kappa shape index (κ3) is 16.1. The summed E-state index contributed by atoms with van der Waals surface area (Å²) in [5.41, 5.74) is 5.68. The first-order valence-corrected chi connectivity index (χ1v) is 23.9. The van der Waals surface area contributed by atoms with Crippen molar-refractivity contribution in [3.63, 3.8) is 0 Å². The number of amides is 6. The normalized spacial score (nSPS) is 16.6. The fourth-order valence-electron chi connectivity index (χ4n) is 7.47. The van der Waals surface area contributed by atoms with Crippen LogP contribution in [0.25, 0.3) is 11.1 Å². The van der Waals surface area contributed by atoms with Crippen molar-refractivity contribution in [2.75, 3.05) is 137 Å². The Kier molecular flexibility index (Phi) is 21.1. The predicted octanol–water partition coefficient (Wildman–Crippen LogP) is 2.07. The molecule has 0 radical (unpaired) electrons. The van der Waals surface area contributed by atoms with E-state index in [9.17, 15) is 28.8 Å². The van der Waals surface area contributed by atoms with Crippen LogP contribution in [0.1, 0.15) is 56.0 Å². The highest BCUT2D eigenvalue weighted by atomic mass is 16.6. The van der Waals surface area contributed by atoms with Gasteiger partial charge in [-0.3, -0.25) is 44.0 Å². The van der Waals surface area contributed by atoms with E-state index in [2.05, 4.69) is 31.3 Å². The van der Waals surface area contributed by atoms with Gasteiger partial charge in [0.2, 0.25) is 17.7 Å². The van der Waals surface area contributed by atoms with Crippen LogP contribution in [0.5, 0.6) is 5.75 Å². The number of piperidine rings is 1. The van der Waals surface area contributed by atoms with Crippen LogP contribution in [0.2, 0.25) is 0 Å². The largest absolute Gasteiger partial charge is 0.490 e. The second-order valence-corrected chi connectivity index (χ2v) is 16.3. The molecule has 2 aromatic heterocycles. The third-order valence-corrected chi connectivity index (χ3v) is 11.1. The number of hydrogen-bond donors (Lipinski definition) is 4. The Morgan fingerprint density at radius 1 is 0.740 bits per heavy atom. The molecule has 2 atom stereocenters. The smallest absolute Gasteiger partial charge is 0.274 e. The Morgan fingerprint density at radius 2 is 1.36 bits per heavy atom. The monoisotopic (exact) mass is 1020 g/mol. The van der Waals surface area contributed by atoms with Gasteiger partial charge in [0.15, 0.2) is 5.58 Å². The molecule has 4 N–H and O–H groups in total. The number of pyridine rings is 1. The number of carbonyl (C=O) groups is 6. The van der Waals surface area contributed by atoms with E-state index >= 15 is 0 Å². The number of aromatic nitrogens is 2. The van der Waals surface area contributed by atoms with Gasteiger partial charge >= 0.3 is 0 Å². The summed E-state index contributed by atoms with van der Waals surface area (Å²) in [7, 11) is 1.62. The van der Waals surface area contributed by atoms with Gasteiger partial charge < -0.3 is 57.7 Å². The Morgan fingerprint density at radius 3 is 1.95 bits per heavy atom. The minimum atomic E-state index is -1.02. The van der Waals surface area contributed by atoms with Crippen LogP contribution in [-0.4, -0.2) is 187 Å². The van der Waals surface area contributed by atoms with Crippen LogP contribution >= 0.6 is 0 Å². The molecular formula is C49H60N8O16. The van der Waals surface area contributed by atoms with Crippen LogP contribution in [0, 0.1) is 0 Å². The zero-order chi connectivity index (χ0) is 51.2.